The van der Waals surface area contributed by atoms with Crippen LogP contribution >= 0.6 is 0 Å². The Labute approximate surface area is 196 Å². The molecule has 4 aromatic rings. The Bertz CT molecular complexity index is 1420. The number of hydrogen-bond acceptors (Lipinski definition) is 6. The van der Waals surface area contributed by atoms with Crippen LogP contribution in [0.1, 0.15) is 21.6 Å². The number of pyridine rings is 1. The van der Waals surface area contributed by atoms with Crippen molar-refractivity contribution in [3.63, 3.8) is 0 Å². The molecule has 0 unspecified atom stereocenters. The van der Waals surface area contributed by atoms with E-state index in [4.69, 9.17) is 5.11 Å². The maximum absolute atomic E-state index is 12.9. The van der Waals surface area contributed by atoms with E-state index in [9.17, 15) is 22.8 Å². The number of anilines is 4. The molecule has 0 saturated carbocycles. The fraction of sp³-hybridized carbons (Fsp3) is 0.0870. The van der Waals surface area contributed by atoms with E-state index in [1.807, 2.05) is 0 Å². The molecule has 0 spiro atoms. The molecule has 9 nitrogen and oxygen atoms in total. The van der Waals surface area contributed by atoms with E-state index < -0.39 is 23.7 Å². The van der Waals surface area contributed by atoms with Gasteiger partial charge in [-0.25, -0.2) is 24.5 Å². The summed E-state index contributed by atoms with van der Waals surface area (Å²) in [6.07, 6.45) is -3.09. The number of carboxylic acids is 1. The summed E-state index contributed by atoms with van der Waals surface area (Å²) in [5.41, 5.74) is 1.23. The second kappa shape index (κ2) is 9.25. The summed E-state index contributed by atoms with van der Waals surface area (Å²) in [6, 6.07) is 11.2. The predicted molar refractivity (Wildman–Crippen MR) is 123 cm³/mol. The lowest BCUT2D eigenvalue weighted by Gasteiger charge is -2.12. The summed E-state index contributed by atoms with van der Waals surface area (Å²) in [6.45, 7) is 1.63. The van der Waals surface area contributed by atoms with E-state index in [0.29, 0.717) is 34.1 Å². The van der Waals surface area contributed by atoms with Gasteiger partial charge in [0.15, 0.2) is 11.5 Å². The summed E-state index contributed by atoms with van der Waals surface area (Å²) >= 11 is 0. The number of nitrogens with zero attached hydrogens (tertiary/aromatic N) is 3. The maximum atomic E-state index is 12.9. The van der Waals surface area contributed by atoms with Gasteiger partial charge in [0.1, 0.15) is 5.52 Å². The zero-order valence-corrected chi connectivity index (χ0v) is 18.0. The highest BCUT2D eigenvalue weighted by Gasteiger charge is 2.30. The van der Waals surface area contributed by atoms with Crippen LogP contribution < -0.4 is 16.0 Å². The Hall–Kier alpha value is -4.74. The molecular weight excluding hydrogens is 465 g/mol. The highest BCUT2D eigenvalue weighted by molar-refractivity contribution is 6.01. The molecule has 4 N–H and O–H groups in total. The van der Waals surface area contributed by atoms with Crippen molar-refractivity contribution in [3.05, 3.63) is 77.6 Å². The Morgan fingerprint density at radius 3 is 2.37 bits per heavy atom. The quantitative estimate of drug-likeness (QED) is 0.298. The number of amides is 2. The minimum atomic E-state index is -4.53. The third kappa shape index (κ3) is 5.61. The zero-order valence-electron chi connectivity index (χ0n) is 18.0. The molecule has 0 aliphatic carbocycles. The van der Waals surface area contributed by atoms with E-state index in [-0.39, 0.29) is 11.3 Å². The van der Waals surface area contributed by atoms with E-state index in [0.717, 1.165) is 12.1 Å². The number of alkyl halides is 3. The Kier molecular flexibility index (Phi) is 6.19. The molecule has 0 bridgehead atoms. The standard InChI is InChI=1S/C23H17F3N6O3/c1-12-17(31-22(35)30-16-4-2-3-14(9-16)23(24,25)26)10-18-20(28-12)32-19(11-27-18)29-15-7-5-13(6-8-15)21(33)34/h2-11H,1H3,(H,33,34)(H,28,29,32)(H2,30,31,35). The number of carbonyl (C=O) groups is 2. The van der Waals surface area contributed by atoms with Crippen LogP contribution in [0.25, 0.3) is 11.2 Å². The number of benzene rings is 2. The smallest absolute Gasteiger partial charge is 0.416 e. The molecule has 2 aromatic carbocycles. The Balaban J connectivity index is 1.48. The first-order valence-electron chi connectivity index (χ1n) is 10.1. The van der Waals surface area contributed by atoms with Crippen LogP contribution in [0.3, 0.4) is 0 Å². The van der Waals surface area contributed by atoms with Crippen molar-refractivity contribution in [1.82, 2.24) is 15.0 Å². The van der Waals surface area contributed by atoms with Crippen LogP contribution in [-0.2, 0) is 6.18 Å². The number of fused-ring (bicyclic) bond motifs is 1. The summed E-state index contributed by atoms with van der Waals surface area (Å²) < 4.78 is 38.6. The lowest BCUT2D eigenvalue weighted by atomic mass is 10.2. The average Bonchev–Trinajstić information content (AvgIpc) is 2.79. The van der Waals surface area contributed by atoms with Gasteiger partial charge in [0.05, 0.1) is 28.7 Å². The lowest BCUT2D eigenvalue weighted by molar-refractivity contribution is -0.137. The van der Waals surface area contributed by atoms with Crippen molar-refractivity contribution in [3.8, 4) is 0 Å². The molecule has 0 atom stereocenters. The molecule has 4 rings (SSSR count). The summed E-state index contributed by atoms with van der Waals surface area (Å²) in [7, 11) is 0. The second-order valence-corrected chi connectivity index (χ2v) is 7.38. The number of aromatic carboxylic acids is 1. The van der Waals surface area contributed by atoms with E-state index in [2.05, 4.69) is 30.9 Å². The van der Waals surface area contributed by atoms with Crippen molar-refractivity contribution >= 4 is 46.0 Å². The number of carboxylic acid groups (broad SMARTS) is 1. The Morgan fingerprint density at radius 1 is 0.943 bits per heavy atom. The molecule has 178 valence electrons. The third-order valence-electron chi connectivity index (χ3n) is 4.83. The average molecular weight is 482 g/mol. The van der Waals surface area contributed by atoms with Crippen LogP contribution in [0.15, 0.2) is 60.8 Å². The van der Waals surface area contributed by atoms with Gasteiger partial charge in [-0.1, -0.05) is 6.07 Å². The number of nitrogens with one attached hydrogen (secondary N) is 3. The molecule has 0 saturated heterocycles. The van der Waals surface area contributed by atoms with Crippen molar-refractivity contribution < 1.29 is 27.9 Å². The molecule has 12 heteroatoms. The van der Waals surface area contributed by atoms with E-state index in [1.165, 1.54) is 30.5 Å². The topological polar surface area (TPSA) is 129 Å². The fourth-order valence-electron chi connectivity index (χ4n) is 3.12. The number of hydrogen-bond donors (Lipinski definition) is 4. The van der Waals surface area contributed by atoms with Gasteiger partial charge in [-0.15, -0.1) is 0 Å². The monoisotopic (exact) mass is 482 g/mol. The highest BCUT2D eigenvalue weighted by atomic mass is 19.4. The summed E-state index contributed by atoms with van der Waals surface area (Å²) in [5.74, 6) is -0.662. The van der Waals surface area contributed by atoms with Gasteiger partial charge in [0.2, 0.25) is 0 Å². The van der Waals surface area contributed by atoms with Crippen molar-refractivity contribution in [2.75, 3.05) is 16.0 Å². The first-order valence-corrected chi connectivity index (χ1v) is 10.1. The summed E-state index contributed by atoms with van der Waals surface area (Å²) in [5, 5.41) is 16.9. The normalized spacial score (nSPS) is 11.2. The van der Waals surface area contributed by atoms with Gasteiger partial charge in [0.25, 0.3) is 0 Å². The van der Waals surface area contributed by atoms with E-state index >= 15 is 0 Å². The number of aromatic nitrogens is 3. The van der Waals surface area contributed by atoms with Crippen molar-refractivity contribution in [1.29, 1.82) is 0 Å². The number of urea groups is 1. The van der Waals surface area contributed by atoms with Crippen molar-refractivity contribution in [2.24, 2.45) is 0 Å². The fourth-order valence-corrected chi connectivity index (χ4v) is 3.12. The molecule has 0 aliphatic rings. The van der Waals surface area contributed by atoms with Gasteiger partial charge in [-0.2, -0.15) is 13.2 Å². The van der Waals surface area contributed by atoms with Gasteiger partial charge < -0.3 is 21.1 Å². The molecule has 2 aromatic heterocycles. The number of rotatable bonds is 5. The molecule has 35 heavy (non-hydrogen) atoms. The largest absolute Gasteiger partial charge is 0.478 e. The minimum Gasteiger partial charge on any atom is -0.478 e. The van der Waals surface area contributed by atoms with Gasteiger partial charge in [0, 0.05) is 11.4 Å². The first-order chi connectivity index (χ1) is 16.6. The SMILES string of the molecule is Cc1nc2nc(Nc3ccc(C(=O)O)cc3)cnc2cc1NC(=O)Nc1cccc(C(F)(F)F)c1. The van der Waals surface area contributed by atoms with Gasteiger partial charge in [-0.3, -0.25) is 0 Å². The number of aryl methyl sites for hydroxylation is 1. The van der Waals surface area contributed by atoms with Crippen LogP contribution in [0, 0.1) is 6.92 Å². The van der Waals surface area contributed by atoms with Crippen LogP contribution in [-0.4, -0.2) is 32.1 Å². The minimum absolute atomic E-state index is 0.0179. The first kappa shape index (κ1) is 23.4. The molecular formula is C23H17F3N6O3. The van der Waals surface area contributed by atoms with Crippen LogP contribution in [0.4, 0.5) is 40.8 Å². The van der Waals surface area contributed by atoms with Crippen molar-refractivity contribution in [2.45, 2.75) is 13.1 Å². The van der Waals surface area contributed by atoms with Crippen LogP contribution in [0.5, 0.6) is 0 Å². The predicted octanol–water partition coefficient (Wildman–Crippen LogP) is 5.44. The van der Waals surface area contributed by atoms with Crippen LogP contribution in [0.2, 0.25) is 0 Å². The van der Waals surface area contributed by atoms with E-state index in [1.54, 1.807) is 25.1 Å². The molecule has 0 radical (unpaired) electrons. The zero-order chi connectivity index (χ0) is 25.2. The summed E-state index contributed by atoms with van der Waals surface area (Å²) in [4.78, 5) is 36.3. The number of carbonyl (C=O) groups excluding carboxylic acids is 1. The van der Waals surface area contributed by atoms with Gasteiger partial charge in [-0.05, 0) is 55.5 Å². The molecule has 2 amide bonds. The Morgan fingerprint density at radius 2 is 1.69 bits per heavy atom. The molecule has 0 aliphatic heterocycles. The molecule has 0 fully saturated rings. The maximum Gasteiger partial charge on any atom is 0.416 e. The highest BCUT2D eigenvalue weighted by Crippen LogP contribution is 2.30. The third-order valence-corrected chi connectivity index (χ3v) is 4.83. The molecule has 2 heterocycles. The number of halogens is 3. The van der Waals surface area contributed by atoms with Gasteiger partial charge >= 0.3 is 18.2 Å². The lowest BCUT2D eigenvalue weighted by Crippen LogP contribution is -2.20. The second-order valence-electron chi connectivity index (χ2n) is 7.38.